The largest absolute Gasteiger partial charge is 0.326 e. The van der Waals surface area contributed by atoms with Gasteiger partial charge in [-0.25, -0.2) is 4.98 Å². The molecule has 120 valence electrons. The van der Waals surface area contributed by atoms with E-state index in [9.17, 15) is 0 Å². The monoisotopic (exact) mass is 315 g/mol. The van der Waals surface area contributed by atoms with Crippen LogP contribution in [0.1, 0.15) is 28.3 Å². The number of fused-ring (bicyclic) bond motifs is 1. The van der Waals surface area contributed by atoms with E-state index in [2.05, 4.69) is 54.3 Å². The van der Waals surface area contributed by atoms with Crippen LogP contribution in [0.3, 0.4) is 0 Å². The van der Waals surface area contributed by atoms with Gasteiger partial charge >= 0.3 is 0 Å². The Labute approximate surface area is 142 Å². The second kappa shape index (κ2) is 6.10. The number of anilines is 2. The van der Waals surface area contributed by atoms with Gasteiger partial charge in [-0.3, -0.25) is 0 Å². The van der Waals surface area contributed by atoms with E-state index in [0.717, 1.165) is 35.5 Å². The molecule has 1 aromatic heterocycles. The summed E-state index contributed by atoms with van der Waals surface area (Å²) in [5.41, 5.74) is 12.4. The Morgan fingerprint density at radius 1 is 1.00 bits per heavy atom. The molecule has 1 aliphatic rings. The molecule has 0 unspecified atom stereocenters. The van der Waals surface area contributed by atoms with Crippen LogP contribution in [0.15, 0.2) is 66.9 Å². The fourth-order valence-electron chi connectivity index (χ4n) is 3.45. The van der Waals surface area contributed by atoms with Crippen LogP contribution in [0, 0.1) is 6.92 Å². The molecule has 0 fully saturated rings. The average Bonchev–Trinajstić information content (AvgIpc) is 3.06. The summed E-state index contributed by atoms with van der Waals surface area (Å²) in [5, 5.41) is 0. The molecule has 0 saturated carbocycles. The lowest BCUT2D eigenvalue weighted by Gasteiger charge is -2.22. The number of nitrogens with two attached hydrogens (primary N) is 1. The van der Waals surface area contributed by atoms with E-state index in [-0.39, 0.29) is 6.04 Å². The summed E-state index contributed by atoms with van der Waals surface area (Å²) < 4.78 is 0. The van der Waals surface area contributed by atoms with E-state index in [1.165, 1.54) is 11.3 Å². The minimum atomic E-state index is -0.141. The quantitative estimate of drug-likeness (QED) is 0.790. The number of rotatable bonds is 3. The number of aromatic nitrogens is 1. The molecule has 0 spiro atoms. The Morgan fingerprint density at radius 3 is 2.54 bits per heavy atom. The maximum atomic E-state index is 6.41. The molecule has 0 aliphatic carbocycles. The topological polar surface area (TPSA) is 42.1 Å². The van der Waals surface area contributed by atoms with E-state index in [1.807, 2.05) is 24.4 Å². The Bertz CT molecular complexity index is 858. The SMILES string of the molecule is Cc1cc([C@H](N)c2ccccc2)cnc1N1CCc2ccccc21. The van der Waals surface area contributed by atoms with Gasteiger partial charge in [0.1, 0.15) is 5.82 Å². The molecule has 2 heterocycles. The van der Waals surface area contributed by atoms with Crippen molar-refractivity contribution in [3.63, 3.8) is 0 Å². The highest BCUT2D eigenvalue weighted by Gasteiger charge is 2.22. The molecule has 1 atom stereocenters. The van der Waals surface area contributed by atoms with Crippen molar-refractivity contribution in [2.24, 2.45) is 5.73 Å². The maximum Gasteiger partial charge on any atom is 0.135 e. The van der Waals surface area contributed by atoms with E-state index in [4.69, 9.17) is 10.7 Å². The highest BCUT2D eigenvalue weighted by atomic mass is 15.2. The van der Waals surface area contributed by atoms with Gasteiger partial charge in [0.2, 0.25) is 0 Å². The van der Waals surface area contributed by atoms with Crippen LogP contribution >= 0.6 is 0 Å². The number of nitrogens with zero attached hydrogens (tertiary/aromatic N) is 2. The molecule has 4 rings (SSSR count). The van der Waals surface area contributed by atoms with Gasteiger partial charge in [0, 0.05) is 18.4 Å². The standard InChI is InChI=1S/C21H21N3/c1-15-13-18(20(22)17-8-3-2-4-9-17)14-23-21(15)24-12-11-16-7-5-6-10-19(16)24/h2-10,13-14,20H,11-12,22H2,1H3/t20-/m1/s1. The minimum absolute atomic E-state index is 0.141. The zero-order chi connectivity index (χ0) is 16.5. The van der Waals surface area contributed by atoms with Gasteiger partial charge in [-0.2, -0.15) is 0 Å². The van der Waals surface area contributed by atoms with E-state index in [0.29, 0.717) is 0 Å². The van der Waals surface area contributed by atoms with Crippen molar-refractivity contribution in [1.82, 2.24) is 4.98 Å². The first kappa shape index (κ1) is 14.9. The van der Waals surface area contributed by atoms with Crippen molar-refractivity contribution in [3.05, 3.63) is 89.1 Å². The van der Waals surface area contributed by atoms with Crippen LogP contribution in [-0.2, 0) is 6.42 Å². The molecule has 0 amide bonds. The van der Waals surface area contributed by atoms with Crippen LogP contribution in [0.25, 0.3) is 0 Å². The summed E-state index contributed by atoms with van der Waals surface area (Å²) in [5.74, 6) is 1.03. The second-order valence-corrected chi connectivity index (χ2v) is 6.33. The van der Waals surface area contributed by atoms with E-state index >= 15 is 0 Å². The van der Waals surface area contributed by atoms with Crippen molar-refractivity contribution < 1.29 is 0 Å². The molecule has 3 heteroatoms. The highest BCUT2D eigenvalue weighted by molar-refractivity contribution is 5.69. The molecular formula is C21H21N3. The van der Waals surface area contributed by atoms with Gasteiger partial charge in [-0.1, -0.05) is 48.5 Å². The number of hydrogen-bond acceptors (Lipinski definition) is 3. The van der Waals surface area contributed by atoms with Crippen molar-refractivity contribution in [2.75, 3.05) is 11.4 Å². The Balaban J connectivity index is 1.66. The third-order valence-electron chi connectivity index (χ3n) is 4.73. The number of hydrogen-bond donors (Lipinski definition) is 1. The Morgan fingerprint density at radius 2 is 1.75 bits per heavy atom. The van der Waals surface area contributed by atoms with Crippen molar-refractivity contribution >= 4 is 11.5 Å². The zero-order valence-electron chi connectivity index (χ0n) is 13.8. The molecule has 1 aliphatic heterocycles. The third kappa shape index (κ3) is 2.57. The van der Waals surface area contributed by atoms with Crippen LogP contribution in [0.2, 0.25) is 0 Å². The first-order valence-corrected chi connectivity index (χ1v) is 8.36. The lowest BCUT2D eigenvalue weighted by atomic mass is 10.00. The molecule has 24 heavy (non-hydrogen) atoms. The number of para-hydroxylation sites is 1. The van der Waals surface area contributed by atoms with Crippen molar-refractivity contribution in [2.45, 2.75) is 19.4 Å². The van der Waals surface area contributed by atoms with E-state index in [1.54, 1.807) is 0 Å². The van der Waals surface area contributed by atoms with Gasteiger partial charge in [0.05, 0.1) is 6.04 Å². The predicted molar refractivity (Wildman–Crippen MR) is 98.6 cm³/mol. The van der Waals surface area contributed by atoms with Crippen LogP contribution in [0.5, 0.6) is 0 Å². The Hall–Kier alpha value is -2.65. The number of aryl methyl sites for hydroxylation is 1. The number of pyridine rings is 1. The maximum absolute atomic E-state index is 6.41. The summed E-state index contributed by atoms with van der Waals surface area (Å²) >= 11 is 0. The van der Waals surface area contributed by atoms with Gasteiger partial charge in [-0.05, 0) is 47.7 Å². The van der Waals surface area contributed by atoms with Crippen LogP contribution in [0.4, 0.5) is 11.5 Å². The summed E-state index contributed by atoms with van der Waals surface area (Å²) in [4.78, 5) is 7.06. The molecule has 3 nitrogen and oxygen atoms in total. The fraction of sp³-hybridized carbons (Fsp3) is 0.190. The molecule has 0 radical (unpaired) electrons. The zero-order valence-corrected chi connectivity index (χ0v) is 13.8. The summed E-state index contributed by atoms with van der Waals surface area (Å²) in [7, 11) is 0. The van der Waals surface area contributed by atoms with Gasteiger partial charge < -0.3 is 10.6 Å². The fourth-order valence-corrected chi connectivity index (χ4v) is 3.45. The molecule has 0 saturated heterocycles. The first-order chi connectivity index (χ1) is 11.7. The smallest absolute Gasteiger partial charge is 0.135 e. The molecule has 0 bridgehead atoms. The highest BCUT2D eigenvalue weighted by Crippen LogP contribution is 2.35. The third-order valence-corrected chi connectivity index (χ3v) is 4.73. The second-order valence-electron chi connectivity index (χ2n) is 6.33. The lowest BCUT2D eigenvalue weighted by Crippen LogP contribution is -2.18. The van der Waals surface area contributed by atoms with Crippen LogP contribution < -0.4 is 10.6 Å². The van der Waals surface area contributed by atoms with Gasteiger partial charge in [0.25, 0.3) is 0 Å². The van der Waals surface area contributed by atoms with Crippen molar-refractivity contribution in [3.8, 4) is 0 Å². The lowest BCUT2D eigenvalue weighted by molar-refractivity contribution is 0.856. The van der Waals surface area contributed by atoms with E-state index < -0.39 is 0 Å². The minimum Gasteiger partial charge on any atom is -0.326 e. The summed E-state index contributed by atoms with van der Waals surface area (Å²) in [6.07, 6.45) is 2.99. The van der Waals surface area contributed by atoms with Gasteiger partial charge in [0.15, 0.2) is 0 Å². The average molecular weight is 315 g/mol. The number of benzene rings is 2. The first-order valence-electron chi connectivity index (χ1n) is 8.36. The normalized spacial score (nSPS) is 14.5. The molecule has 3 aromatic rings. The molecule has 2 aromatic carbocycles. The van der Waals surface area contributed by atoms with Crippen LogP contribution in [-0.4, -0.2) is 11.5 Å². The van der Waals surface area contributed by atoms with Crippen molar-refractivity contribution in [1.29, 1.82) is 0 Å². The molecular weight excluding hydrogens is 294 g/mol. The molecule has 2 N–H and O–H groups in total. The Kier molecular flexibility index (Phi) is 3.79. The predicted octanol–water partition coefficient (Wildman–Crippen LogP) is 4.13. The summed E-state index contributed by atoms with van der Waals surface area (Å²) in [6.45, 7) is 3.10. The summed E-state index contributed by atoms with van der Waals surface area (Å²) in [6, 6.07) is 20.8. The van der Waals surface area contributed by atoms with Gasteiger partial charge in [-0.15, -0.1) is 0 Å².